The molecule has 0 aliphatic carbocycles. The van der Waals surface area contributed by atoms with Crippen molar-refractivity contribution in [3.8, 4) is 0 Å². The van der Waals surface area contributed by atoms with E-state index in [9.17, 15) is 5.11 Å². The maximum atomic E-state index is 9.86. The molecule has 0 amide bonds. The van der Waals surface area contributed by atoms with E-state index in [1.54, 1.807) is 17.4 Å². The Kier molecular flexibility index (Phi) is 2.69. The largest absolute Gasteiger partial charge is 0.382 e. The molecule has 2 aromatic rings. The molecule has 0 bridgehead atoms. The van der Waals surface area contributed by atoms with Gasteiger partial charge in [-0.15, -0.1) is 22.7 Å². The molecular weight excluding hydrogens is 224 g/mol. The summed E-state index contributed by atoms with van der Waals surface area (Å²) in [5, 5.41) is 11.8. The highest BCUT2D eigenvalue weighted by Gasteiger charge is 2.12. The topological polar surface area (TPSA) is 20.2 Å². The zero-order valence-electron chi connectivity index (χ0n) is 6.61. The monoisotopic (exact) mass is 230 g/mol. The second-order valence-electron chi connectivity index (χ2n) is 2.56. The van der Waals surface area contributed by atoms with Gasteiger partial charge in [0.05, 0.1) is 4.34 Å². The molecule has 68 valence electrons. The van der Waals surface area contributed by atoms with Gasteiger partial charge in [0.25, 0.3) is 0 Å². The van der Waals surface area contributed by atoms with Crippen LogP contribution in [0.25, 0.3) is 0 Å². The van der Waals surface area contributed by atoms with Crippen LogP contribution in [0.5, 0.6) is 0 Å². The third-order valence-corrected chi connectivity index (χ3v) is 3.88. The van der Waals surface area contributed by atoms with Crippen LogP contribution in [0, 0.1) is 0 Å². The Morgan fingerprint density at radius 2 is 2.08 bits per heavy atom. The summed E-state index contributed by atoms with van der Waals surface area (Å²) in [6.07, 6.45) is -0.516. The molecule has 1 atom stereocenters. The number of hydrogen-bond acceptors (Lipinski definition) is 3. The number of rotatable bonds is 2. The second kappa shape index (κ2) is 3.80. The third-order valence-electron chi connectivity index (χ3n) is 1.68. The second-order valence-corrected chi connectivity index (χ2v) is 5.29. The minimum Gasteiger partial charge on any atom is -0.382 e. The van der Waals surface area contributed by atoms with E-state index in [-0.39, 0.29) is 0 Å². The van der Waals surface area contributed by atoms with Crippen molar-refractivity contribution in [3.63, 3.8) is 0 Å². The fourth-order valence-electron chi connectivity index (χ4n) is 1.06. The van der Waals surface area contributed by atoms with E-state index >= 15 is 0 Å². The van der Waals surface area contributed by atoms with E-state index in [2.05, 4.69) is 0 Å². The molecule has 4 heteroatoms. The zero-order valence-corrected chi connectivity index (χ0v) is 8.99. The molecule has 13 heavy (non-hydrogen) atoms. The van der Waals surface area contributed by atoms with Gasteiger partial charge in [0, 0.05) is 9.75 Å². The number of aliphatic hydroxyl groups excluding tert-OH is 1. The molecule has 0 saturated carbocycles. The van der Waals surface area contributed by atoms with Crippen molar-refractivity contribution in [2.75, 3.05) is 0 Å². The number of thiophene rings is 2. The van der Waals surface area contributed by atoms with E-state index < -0.39 is 6.10 Å². The Balaban J connectivity index is 2.28. The van der Waals surface area contributed by atoms with Crippen molar-refractivity contribution in [1.82, 2.24) is 0 Å². The Hall–Kier alpha value is -0.350. The lowest BCUT2D eigenvalue weighted by molar-refractivity contribution is 0.228. The van der Waals surface area contributed by atoms with Crippen LogP contribution in [0.15, 0.2) is 29.6 Å². The smallest absolute Gasteiger partial charge is 0.122 e. The molecule has 2 aromatic heterocycles. The molecule has 2 heterocycles. The van der Waals surface area contributed by atoms with Crippen LogP contribution >= 0.6 is 34.3 Å². The lowest BCUT2D eigenvalue weighted by Crippen LogP contribution is -1.92. The van der Waals surface area contributed by atoms with E-state index in [4.69, 9.17) is 11.6 Å². The van der Waals surface area contributed by atoms with Gasteiger partial charge in [-0.2, -0.15) is 0 Å². The minimum atomic E-state index is -0.516. The molecule has 0 radical (unpaired) electrons. The van der Waals surface area contributed by atoms with Gasteiger partial charge in [-0.1, -0.05) is 17.7 Å². The van der Waals surface area contributed by atoms with Crippen LogP contribution in [0.2, 0.25) is 4.34 Å². The first-order valence-corrected chi connectivity index (χ1v) is 5.81. The summed E-state index contributed by atoms with van der Waals surface area (Å²) in [7, 11) is 0. The summed E-state index contributed by atoms with van der Waals surface area (Å²) in [6.45, 7) is 0. The van der Waals surface area contributed by atoms with Crippen LogP contribution in [0.3, 0.4) is 0 Å². The number of hydrogen-bond donors (Lipinski definition) is 1. The highest BCUT2D eigenvalue weighted by molar-refractivity contribution is 7.16. The molecule has 1 N–H and O–H groups in total. The maximum absolute atomic E-state index is 9.86. The average molecular weight is 231 g/mol. The first kappa shape index (κ1) is 9.21. The fourth-order valence-corrected chi connectivity index (χ4v) is 2.93. The van der Waals surface area contributed by atoms with Crippen molar-refractivity contribution in [3.05, 3.63) is 43.7 Å². The summed E-state index contributed by atoms with van der Waals surface area (Å²) in [5.41, 5.74) is 0. The van der Waals surface area contributed by atoms with E-state index in [0.29, 0.717) is 4.34 Å². The van der Waals surface area contributed by atoms with Gasteiger partial charge in [-0.3, -0.25) is 0 Å². The highest BCUT2D eigenvalue weighted by atomic mass is 35.5. The van der Waals surface area contributed by atoms with Crippen molar-refractivity contribution < 1.29 is 5.11 Å². The van der Waals surface area contributed by atoms with Gasteiger partial charge in [0.15, 0.2) is 0 Å². The maximum Gasteiger partial charge on any atom is 0.122 e. The number of aliphatic hydroxyl groups is 1. The lowest BCUT2D eigenvalue weighted by atomic mass is 10.2. The Bertz CT molecular complexity index is 380. The first-order valence-electron chi connectivity index (χ1n) is 3.74. The van der Waals surface area contributed by atoms with Crippen molar-refractivity contribution in [2.45, 2.75) is 6.10 Å². The molecule has 0 unspecified atom stereocenters. The molecule has 0 aromatic carbocycles. The lowest BCUT2D eigenvalue weighted by Gasteiger charge is -2.03. The average Bonchev–Trinajstić information content (AvgIpc) is 2.72. The minimum absolute atomic E-state index is 0.516. The first-order chi connectivity index (χ1) is 6.27. The molecule has 0 fully saturated rings. The van der Waals surface area contributed by atoms with Gasteiger partial charge in [-0.05, 0) is 23.6 Å². The van der Waals surface area contributed by atoms with Crippen molar-refractivity contribution >= 4 is 34.3 Å². The van der Waals surface area contributed by atoms with Gasteiger partial charge in [-0.25, -0.2) is 0 Å². The zero-order chi connectivity index (χ0) is 9.26. The van der Waals surface area contributed by atoms with Gasteiger partial charge in [0.2, 0.25) is 0 Å². The Morgan fingerprint density at radius 3 is 2.62 bits per heavy atom. The van der Waals surface area contributed by atoms with E-state index in [1.807, 2.05) is 23.6 Å². The van der Waals surface area contributed by atoms with Gasteiger partial charge >= 0.3 is 0 Å². The van der Waals surface area contributed by atoms with Crippen molar-refractivity contribution in [2.24, 2.45) is 0 Å². The van der Waals surface area contributed by atoms with Crippen molar-refractivity contribution in [1.29, 1.82) is 0 Å². The van der Waals surface area contributed by atoms with Crippen LogP contribution in [-0.4, -0.2) is 5.11 Å². The predicted molar refractivity (Wildman–Crippen MR) is 57.7 cm³/mol. The number of halogens is 1. The highest BCUT2D eigenvalue weighted by Crippen LogP contribution is 2.32. The van der Waals surface area contributed by atoms with Crippen LogP contribution in [0.1, 0.15) is 15.9 Å². The molecule has 0 spiro atoms. The molecule has 1 nitrogen and oxygen atoms in total. The summed E-state index contributed by atoms with van der Waals surface area (Å²) < 4.78 is 0.714. The Morgan fingerprint density at radius 1 is 1.23 bits per heavy atom. The van der Waals surface area contributed by atoms with Crippen LogP contribution in [-0.2, 0) is 0 Å². The molecule has 0 aliphatic rings. The quantitative estimate of drug-likeness (QED) is 0.837. The normalized spacial score (nSPS) is 13.1. The third kappa shape index (κ3) is 1.94. The van der Waals surface area contributed by atoms with Gasteiger partial charge in [0.1, 0.15) is 6.10 Å². The van der Waals surface area contributed by atoms with Crippen LogP contribution < -0.4 is 0 Å². The van der Waals surface area contributed by atoms with E-state index in [1.165, 1.54) is 11.3 Å². The molecule has 0 saturated heterocycles. The van der Waals surface area contributed by atoms with Crippen LogP contribution in [0.4, 0.5) is 0 Å². The predicted octanol–water partition coefficient (Wildman–Crippen LogP) is 3.54. The molecular formula is C9H7ClOS2. The summed E-state index contributed by atoms with van der Waals surface area (Å²) in [5.74, 6) is 0. The fraction of sp³-hybridized carbons (Fsp3) is 0.111. The Labute approximate surface area is 89.2 Å². The van der Waals surface area contributed by atoms with Gasteiger partial charge < -0.3 is 5.11 Å². The standard InChI is InChI=1S/C9H7ClOS2/c10-8-4-3-7(13-8)9(11)6-2-1-5-12-6/h1-5,9,11H/t9-/m1/s1. The summed E-state index contributed by atoms with van der Waals surface area (Å²) in [4.78, 5) is 1.85. The molecule has 0 aliphatic heterocycles. The van der Waals surface area contributed by atoms with E-state index in [0.717, 1.165) is 9.75 Å². The summed E-state index contributed by atoms with van der Waals surface area (Å²) in [6, 6.07) is 7.51. The SMILES string of the molecule is O[C@H](c1cccs1)c1ccc(Cl)s1. The summed E-state index contributed by atoms with van der Waals surface area (Å²) >= 11 is 8.74. The molecule has 2 rings (SSSR count).